The van der Waals surface area contributed by atoms with Gasteiger partial charge in [0.2, 0.25) is 0 Å². The summed E-state index contributed by atoms with van der Waals surface area (Å²) in [6.45, 7) is 0. The zero-order valence-corrected chi connectivity index (χ0v) is 10.1. The fourth-order valence-electron chi connectivity index (χ4n) is 1.47. The van der Waals surface area contributed by atoms with E-state index in [2.05, 4.69) is 14.7 Å². The van der Waals surface area contributed by atoms with Gasteiger partial charge < -0.3 is 4.74 Å². The van der Waals surface area contributed by atoms with Crippen molar-refractivity contribution >= 4 is 17.6 Å². The molecule has 0 bridgehead atoms. The highest BCUT2D eigenvalue weighted by Crippen LogP contribution is 2.26. The Bertz CT molecular complexity index is 587. The maximum absolute atomic E-state index is 12.9. The smallest absolute Gasteiger partial charge is 0.343 e. The molecular weight excluding hydrogens is 259 g/mol. The minimum atomic E-state index is -0.639. The number of aromatic nitrogens is 2. The molecule has 0 unspecified atom stereocenters. The van der Waals surface area contributed by atoms with Gasteiger partial charge in [-0.15, -0.1) is 0 Å². The molecule has 0 amide bonds. The molecule has 0 saturated carbocycles. The molecule has 6 heteroatoms. The molecular formula is C12H8ClFN2O2. The number of carbonyl (C=O) groups excluding carboxylic acids is 1. The second-order valence-electron chi connectivity index (χ2n) is 3.39. The van der Waals surface area contributed by atoms with E-state index in [-0.39, 0.29) is 16.5 Å². The van der Waals surface area contributed by atoms with Crippen molar-refractivity contribution in [3.05, 3.63) is 47.1 Å². The first-order chi connectivity index (χ1) is 8.63. The van der Waals surface area contributed by atoms with E-state index in [4.69, 9.17) is 11.6 Å². The number of halogens is 2. The minimum Gasteiger partial charge on any atom is -0.465 e. The molecule has 18 heavy (non-hydrogen) atoms. The molecule has 1 aromatic carbocycles. The van der Waals surface area contributed by atoms with Gasteiger partial charge in [-0.1, -0.05) is 11.6 Å². The second kappa shape index (κ2) is 5.10. The highest BCUT2D eigenvalue weighted by atomic mass is 35.5. The molecule has 0 atom stereocenters. The largest absolute Gasteiger partial charge is 0.465 e. The summed E-state index contributed by atoms with van der Waals surface area (Å²) in [6, 6.07) is 5.54. The van der Waals surface area contributed by atoms with Crippen LogP contribution in [-0.2, 0) is 4.74 Å². The second-order valence-corrected chi connectivity index (χ2v) is 3.74. The average Bonchev–Trinajstić information content (AvgIpc) is 2.38. The first-order valence-electron chi connectivity index (χ1n) is 4.98. The minimum absolute atomic E-state index is 0.00354. The Morgan fingerprint density at radius 3 is 2.56 bits per heavy atom. The Morgan fingerprint density at radius 2 is 1.94 bits per heavy atom. The van der Waals surface area contributed by atoms with Crippen molar-refractivity contribution in [1.82, 2.24) is 9.97 Å². The van der Waals surface area contributed by atoms with E-state index in [9.17, 15) is 9.18 Å². The lowest BCUT2D eigenvalue weighted by atomic mass is 10.1. The summed E-state index contributed by atoms with van der Waals surface area (Å²) in [5.74, 6) is -1.02. The molecule has 0 aliphatic heterocycles. The number of hydrogen-bond donors (Lipinski definition) is 0. The molecule has 2 aromatic rings. The summed E-state index contributed by atoms with van der Waals surface area (Å²) < 4.78 is 17.5. The van der Waals surface area contributed by atoms with E-state index in [1.54, 1.807) is 0 Å². The van der Waals surface area contributed by atoms with Gasteiger partial charge in [0.15, 0.2) is 0 Å². The summed E-state index contributed by atoms with van der Waals surface area (Å²) in [5, 5.41) is -0.00354. The Hall–Kier alpha value is -2.01. The lowest BCUT2D eigenvalue weighted by Gasteiger charge is -2.07. The monoisotopic (exact) mass is 266 g/mol. The number of carbonyl (C=O) groups is 1. The fourth-order valence-corrected chi connectivity index (χ4v) is 1.68. The van der Waals surface area contributed by atoms with E-state index in [1.807, 2.05) is 0 Å². The maximum atomic E-state index is 12.9. The number of rotatable bonds is 2. The normalized spacial score (nSPS) is 10.2. The SMILES string of the molecule is COC(=O)c1c(Cl)ncnc1-c1ccc(F)cc1. The van der Waals surface area contributed by atoms with Crippen molar-refractivity contribution in [2.75, 3.05) is 7.11 Å². The Kier molecular flexibility index (Phi) is 3.53. The molecule has 0 radical (unpaired) electrons. The van der Waals surface area contributed by atoms with Crippen LogP contribution in [0, 0.1) is 5.82 Å². The molecule has 92 valence electrons. The van der Waals surface area contributed by atoms with Gasteiger partial charge in [-0.2, -0.15) is 0 Å². The van der Waals surface area contributed by atoms with Crippen LogP contribution < -0.4 is 0 Å². The van der Waals surface area contributed by atoms with Gasteiger partial charge in [0.1, 0.15) is 22.9 Å². The van der Waals surface area contributed by atoms with Crippen molar-refractivity contribution in [2.45, 2.75) is 0 Å². The molecule has 0 saturated heterocycles. The van der Waals surface area contributed by atoms with Crippen molar-refractivity contribution in [3.8, 4) is 11.3 Å². The van der Waals surface area contributed by atoms with Gasteiger partial charge in [-0.3, -0.25) is 0 Å². The number of benzene rings is 1. The Balaban J connectivity index is 2.60. The number of methoxy groups -OCH3 is 1. The van der Waals surface area contributed by atoms with E-state index in [1.165, 1.54) is 37.7 Å². The van der Waals surface area contributed by atoms with Crippen molar-refractivity contribution in [1.29, 1.82) is 0 Å². The Morgan fingerprint density at radius 1 is 1.28 bits per heavy atom. The molecule has 4 nitrogen and oxygen atoms in total. The van der Waals surface area contributed by atoms with Gasteiger partial charge >= 0.3 is 5.97 Å². The van der Waals surface area contributed by atoms with Gasteiger partial charge in [-0.25, -0.2) is 19.2 Å². The van der Waals surface area contributed by atoms with Gasteiger partial charge in [0.05, 0.1) is 12.8 Å². The van der Waals surface area contributed by atoms with Gasteiger partial charge in [-0.05, 0) is 24.3 Å². The molecule has 1 aromatic heterocycles. The number of esters is 1. The van der Waals surface area contributed by atoms with Crippen molar-refractivity contribution < 1.29 is 13.9 Å². The van der Waals surface area contributed by atoms with Crippen LogP contribution in [0.1, 0.15) is 10.4 Å². The summed E-state index contributed by atoms with van der Waals surface area (Å²) in [7, 11) is 1.24. The highest BCUT2D eigenvalue weighted by molar-refractivity contribution is 6.33. The van der Waals surface area contributed by atoms with Crippen LogP contribution in [0.4, 0.5) is 4.39 Å². The van der Waals surface area contributed by atoms with E-state index in [0.29, 0.717) is 11.3 Å². The van der Waals surface area contributed by atoms with E-state index >= 15 is 0 Å². The quantitative estimate of drug-likeness (QED) is 0.619. The van der Waals surface area contributed by atoms with Crippen molar-refractivity contribution in [2.24, 2.45) is 0 Å². The van der Waals surface area contributed by atoms with Crippen molar-refractivity contribution in [3.63, 3.8) is 0 Å². The average molecular weight is 267 g/mol. The third kappa shape index (κ3) is 2.31. The molecule has 0 aliphatic rings. The van der Waals surface area contributed by atoms with Gasteiger partial charge in [0.25, 0.3) is 0 Å². The number of ether oxygens (including phenoxy) is 1. The Labute approximate surface area is 107 Å². The third-order valence-corrected chi connectivity index (χ3v) is 2.59. The lowest BCUT2D eigenvalue weighted by molar-refractivity contribution is 0.0601. The first-order valence-corrected chi connectivity index (χ1v) is 5.36. The summed E-state index contributed by atoms with van der Waals surface area (Å²) in [4.78, 5) is 19.4. The predicted molar refractivity (Wildman–Crippen MR) is 63.8 cm³/mol. The zero-order valence-electron chi connectivity index (χ0n) is 9.35. The summed E-state index contributed by atoms with van der Waals surface area (Å²) in [6.07, 6.45) is 1.23. The number of nitrogens with zero attached hydrogens (tertiary/aromatic N) is 2. The molecule has 0 fully saturated rings. The van der Waals surface area contributed by atoms with E-state index < -0.39 is 5.97 Å². The van der Waals surface area contributed by atoms with Crippen LogP contribution in [-0.4, -0.2) is 23.0 Å². The van der Waals surface area contributed by atoms with Gasteiger partial charge in [0, 0.05) is 5.56 Å². The molecule has 0 spiro atoms. The predicted octanol–water partition coefficient (Wildman–Crippen LogP) is 2.72. The topological polar surface area (TPSA) is 52.1 Å². The molecule has 0 N–H and O–H groups in total. The molecule has 0 aliphatic carbocycles. The van der Waals surface area contributed by atoms with Crippen LogP contribution in [0.15, 0.2) is 30.6 Å². The maximum Gasteiger partial charge on any atom is 0.343 e. The zero-order chi connectivity index (χ0) is 13.1. The van der Waals surface area contributed by atoms with E-state index in [0.717, 1.165) is 0 Å². The molecule has 2 rings (SSSR count). The van der Waals surface area contributed by atoms with Crippen LogP contribution in [0.2, 0.25) is 5.15 Å². The summed E-state index contributed by atoms with van der Waals surface area (Å²) >= 11 is 5.86. The van der Waals surface area contributed by atoms with Crippen LogP contribution in [0.3, 0.4) is 0 Å². The fraction of sp³-hybridized carbons (Fsp3) is 0.0833. The highest BCUT2D eigenvalue weighted by Gasteiger charge is 2.19. The first kappa shape index (κ1) is 12.4. The standard InChI is InChI=1S/C12H8ClFN2O2/c1-18-12(17)9-10(15-6-16-11(9)13)7-2-4-8(14)5-3-7/h2-6H,1H3. The van der Waals surface area contributed by atoms with Crippen LogP contribution in [0.25, 0.3) is 11.3 Å². The third-order valence-electron chi connectivity index (χ3n) is 2.31. The molecule has 1 heterocycles. The van der Waals surface area contributed by atoms with Crippen LogP contribution in [0.5, 0.6) is 0 Å². The number of hydrogen-bond acceptors (Lipinski definition) is 4. The van der Waals surface area contributed by atoms with Crippen LogP contribution >= 0.6 is 11.6 Å². The lowest BCUT2D eigenvalue weighted by Crippen LogP contribution is -2.07. The summed E-state index contributed by atoms with van der Waals surface area (Å²) in [5.41, 5.74) is 0.927.